The van der Waals surface area contributed by atoms with Crippen molar-refractivity contribution in [1.82, 2.24) is 9.13 Å². The molecule has 2 heterocycles. The molecule has 0 saturated carbocycles. The van der Waals surface area contributed by atoms with Crippen molar-refractivity contribution in [3.63, 3.8) is 0 Å². The Labute approximate surface area is 309 Å². The van der Waals surface area contributed by atoms with Crippen LogP contribution < -0.4 is 20.7 Å². The van der Waals surface area contributed by atoms with E-state index in [9.17, 15) is 11.0 Å². The molecule has 0 atom stereocenters. The van der Waals surface area contributed by atoms with Crippen molar-refractivity contribution in [2.24, 2.45) is 0 Å². The lowest BCUT2D eigenvalue weighted by Gasteiger charge is -2.34. The average molecular weight is 675 g/mol. The van der Waals surface area contributed by atoms with Crippen molar-refractivity contribution in [3.05, 3.63) is 206 Å². The summed E-state index contributed by atoms with van der Waals surface area (Å²) in [5.74, 6) is 0. The van der Waals surface area contributed by atoms with Gasteiger partial charge in [0.25, 0.3) is 0 Å². The molecule has 2 aromatic heterocycles. The molecule has 0 saturated heterocycles. The largest absolute Gasteiger partial charge is 0.309 e. The molecule has 0 unspecified atom stereocenters. The van der Waals surface area contributed by atoms with E-state index < -0.39 is 8.07 Å². The molecular formula is C48H34N2Si. The zero-order chi connectivity index (χ0) is 40.7. The highest BCUT2D eigenvalue weighted by Crippen LogP contribution is 2.33. The minimum Gasteiger partial charge on any atom is -0.309 e. The van der Waals surface area contributed by atoms with Gasteiger partial charge in [-0.05, 0) is 69.2 Å². The molecule has 3 heteroatoms. The quantitative estimate of drug-likeness (QED) is 0.123. The third kappa shape index (κ3) is 4.49. The van der Waals surface area contributed by atoms with E-state index in [1.165, 1.54) is 0 Å². The number of hydrogen-bond donors (Lipinski definition) is 0. The topological polar surface area (TPSA) is 9.86 Å². The number of para-hydroxylation sites is 4. The van der Waals surface area contributed by atoms with Crippen LogP contribution >= 0.6 is 0 Å². The van der Waals surface area contributed by atoms with E-state index in [-0.39, 0.29) is 70.1 Å². The summed E-state index contributed by atoms with van der Waals surface area (Å²) in [5.41, 5.74) is 3.11. The lowest BCUT2D eigenvalue weighted by atomic mass is 10.2. The van der Waals surface area contributed by atoms with Crippen LogP contribution in [0.25, 0.3) is 55.0 Å². The molecule has 240 valence electrons. The summed E-state index contributed by atoms with van der Waals surface area (Å²) in [6, 6.07) is 46.9. The smallest absolute Gasteiger partial charge is 0.179 e. The Morgan fingerprint density at radius 2 is 0.569 bits per heavy atom. The fraction of sp³-hybridized carbons (Fsp3) is 0. The van der Waals surface area contributed by atoms with Gasteiger partial charge in [-0.2, -0.15) is 0 Å². The molecule has 2 nitrogen and oxygen atoms in total. The van der Waals surface area contributed by atoms with Gasteiger partial charge in [-0.1, -0.05) is 158 Å². The van der Waals surface area contributed by atoms with Crippen LogP contribution in [-0.2, 0) is 0 Å². The van der Waals surface area contributed by atoms with E-state index in [1.807, 2.05) is 158 Å². The molecule has 10 aromatic rings. The number of rotatable bonds is 6. The van der Waals surface area contributed by atoms with Crippen molar-refractivity contribution in [3.8, 4) is 11.4 Å². The predicted molar refractivity (Wildman–Crippen MR) is 219 cm³/mol. The third-order valence-corrected chi connectivity index (χ3v) is 14.4. The molecular weight excluding hydrogens is 633 g/mol. The number of benzene rings is 8. The predicted octanol–water partition coefficient (Wildman–Crippen LogP) is 9.26. The molecule has 0 aliphatic carbocycles. The van der Waals surface area contributed by atoms with Gasteiger partial charge < -0.3 is 9.13 Å². The maximum atomic E-state index is 9.99. The molecule has 0 aliphatic heterocycles. The molecule has 0 N–H and O–H groups in total. The van der Waals surface area contributed by atoms with E-state index in [1.54, 1.807) is 9.13 Å². The average Bonchev–Trinajstić information content (AvgIpc) is 3.78. The first-order valence-electron chi connectivity index (χ1n) is 21.0. The lowest BCUT2D eigenvalue weighted by Crippen LogP contribution is -2.74. The number of hydrogen-bond acceptors (Lipinski definition) is 0. The first kappa shape index (κ1) is 22.3. The zero-order valence-corrected chi connectivity index (χ0v) is 28.4. The number of aromatic nitrogens is 2. The van der Waals surface area contributed by atoms with Crippen molar-refractivity contribution < 1.29 is 11.0 Å². The monoisotopic (exact) mass is 674 g/mol. The summed E-state index contributed by atoms with van der Waals surface area (Å²) in [7, 11) is -4.28. The molecule has 8 aromatic carbocycles. The Balaban J connectivity index is 1.36. The van der Waals surface area contributed by atoms with Crippen molar-refractivity contribution >= 4 is 72.4 Å². The van der Waals surface area contributed by atoms with Gasteiger partial charge in [0.15, 0.2) is 8.07 Å². The second-order valence-electron chi connectivity index (χ2n) is 12.7. The molecule has 0 bridgehead atoms. The van der Waals surface area contributed by atoms with Gasteiger partial charge in [0.1, 0.15) is 0 Å². The van der Waals surface area contributed by atoms with Gasteiger partial charge in [0.2, 0.25) is 0 Å². The van der Waals surface area contributed by atoms with Crippen molar-refractivity contribution in [1.29, 1.82) is 0 Å². The van der Waals surface area contributed by atoms with E-state index in [4.69, 9.17) is 0 Å². The number of nitrogens with zero attached hydrogens (tertiary/aromatic N) is 2. The first-order chi connectivity index (χ1) is 28.7. The molecule has 0 amide bonds. The summed E-state index contributed by atoms with van der Waals surface area (Å²) in [6.07, 6.45) is 0. The van der Waals surface area contributed by atoms with E-state index in [0.29, 0.717) is 10.4 Å². The molecule has 0 spiro atoms. The highest BCUT2D eigenvalue weighted by molar-refractivity contribution is 7.19. The van der Waals surface area contributed by atoms with Crippen LogP contribution in [0.4, 0.5) is 0 Å². The first-order valence-corrected chi connectivity index (χ1v) is 19.0. The van der Waals surface area contributed by atoms with Crippen LogP contribution in [0.3, 0.4) is 0 Å². The third-order valence-electron chi connectivity index (χ3n) is 9.99. The van der Waals surface area contributed by atoms with Crippen LogP contribution in [-0.4, -0.2) is 17.2 Å². The Morgan fingerprint density at radius 3 is 0.882 bits per heavy atom. The molecule has 0 fully saturated rings. The molecule has 51 heavy (non-hydrogen) atoms. The van der Waals surface area contributed by atoms with E-state index >= 15 is 0 Å². The number of fused-ring (bicyclic) bond motifs is 6. The molecule has 0 aliphatic rings. The van der Waals surface area contributed by atoms with Gasteiger partial charge in [0, 0.05) is 32.9 Å². The summed E-state index contributed by atoms with van der Waals surface area (Å²) in [6.45, 7) is 0. The second kappa shape index (κ2) is 11.9. The van der Waals surface area contributed by atoms with Gasteiger partial charge in [-0.25, -0.2) is 0 Å². The Kier molecular flexibility index (Phi) is 5.20. The standard InChI is InChI=1S/C48H34N2Si/c1-3-15-37(16-4-1)51(38-17-5-2-6-18-38,39-31-27-35(28-32-39)49-45-23-11-7-19-41(45)42-20-8-12-24-46(42)49)40-33-29-36(30-34-40)50-47-25-13-9-21-43(47)44-22-10-14-26-48(44)50/h1-34H/i27D,28D,29D,30D,31D,32D,33D,34D. The Morgan fingerprint density at radius 1 is 0.294 bits per heavy atom. The van der Waals surface area contributed by atoms with E-state index in [2.05, 4.69) is 0 Å². The van der Waals surface area contributed by atoms with Crippen molar-refractivity contribution in [2.45, 2.75) is 0 Å². The summed E-state index contributed by atoms with van der Waals surface area (Å²) in [4.78, 5) is 0. The van der Waals surface area contributed by atoms with Crippen LogP contribution in [0.15, 0.2) is 206 Å². The minimum absolute atomic E-state index is 0.0554. The Hall–Kier alpha value is -6.42. The van der Waals surface area contributed by atoms with Gasteiger partial charge in [-0.3, -0.25) is 0 Å². The van der Waals surface area contributed by atoms with Crippen LogP contribution in [0.1, 0.15) is 11.0 Å². The van der Waals surface area contributed by atoms with Gasteiger partial charge in [0.05, 0.1) is 33.0 Å². The summed E-state index contributed by atoms with van der Waals surface area (Å²) >= 11 is 0. The Bertz CT molecular complexity index is 2940. The SMILES string of the molecule is [2H]c1c([2H])c([Si](c2ccccc2)(c2ccccc2)c2c([2H])c([2H])c(-n3c4ccccc4c4ccccc43)c([2H])c2[2H])c([2H])c([2H])c1-n1c2ccccc2c2ccccc21. The summed E-state index contributed by atoms with van der Waals surface area (Å²) in [5, 5.41) is 4.95. The lowest BCUT2D eigenvalue weighted by molar-refractivity contribution is 1.18. The van der Waals surface area contributed by atoms with Crippen LogP contribution in [0.2, 0.25) is 0 Å². The van der Waals surface area contributed by atoms with Gasteiger partial charge >= 0.3 is 0 Å². The molecule has 0 radical (unpaired) electrons. The second-order valence-corrected chi connectivity index (χ2v) is 16.3. The molecule has 10 rings (SSSR count). The fourth-order valence-corrected chi connectivity index (χ4v) is 11.9. The van der Waals surface area contributed by atoms with Crippen LogP contribution in [0, 0.1) is 0 Å². The zero-order valence-electron chi connectivity index (χ0n) is 35.4. The maximum Gasteiger partial charge on any atom is 0.179 e. The van der Waals surface area contributed by atoms with E-state index in [0.717, 1.165) is 43.6 Å². The fourth-order valence-electron chi connectivity index (χ4n) is 7.78. The van der Waals surface area contributed by atoms with Gasteiger partial charge in [-0.15, -0.1) is 0 Å². The minimum atomic E-state index is -4.28. The normalized spacial score (nSPS) is 14.1. The van der Waals surface area contributed by atoms with Crippen molar-refractivity contribution in [2.75, 3.05) is 0 Å². The highest BCUT2D eigenvalue weighted by atomic mass is 28.3. The highest BCUT2D eigenvalue weighted by Gasteiger charge is 2.41. The maximum absolute atomic E-state index is 9.99. The van der Waals surface area contributed by atoms with Crippen LogP contribution in [0.5, 0.6) is 0 Å². The summed E-state index contributed by atoms with van der Waals surface area (Å²) < 4.78 is 82.7.